The molecule has 29 heavy (non-hydrogen) atoms. The van der Waals surface area contributed by atoms with Crippen molar-refractivity contribution in [2.45, 2.75) is 34.1 Å². The fraction of sp³-hybridized carbons (Fsp3) is 0.200. The number of rotatable bonds is 4. The summed E-state index contributed by atoms with van der Waals surface area (Å²) < 4.78 is 2.02. The molecule has 146 valence electrons. The van der Waals surface area contributed by atoms with E-state index in [0.717, 1.165) is 39.4 Å². The van der Waals surface area contributed by atoms with Crippen LogP contribution < -0.4 is 5.32 Å². The maximum absolute atomic E-state index is 12.9. The Balaban J connectivity index is 1.75. The van der Waals surface area contributed by atoms with Crippen molar-refractivity contribution in [2.75, 3.05) is 5.32 Å². The molecule has 0 saturated heterocycles. The highest BCUT2D eigenvalue weighted by Crippen LogP contribution is 2.27. The van der Waals surface area contributed by atoms with E-state index in [4.69, 9.17) is 4.98 Å². The number of nitrogens with one attached hydrogen (secondary N) is 1. The summed E-state index contributed by atoms with van der Waals surface area (Å²) >= 11 is 0. The number of pyridine rings is 1. The first-order chi connectivity index (χ1) is 13.9. The maximum Gasteiger partial charge on any atom is 0.230 e. The normalized spacial score (nSPS) is 11.0. The van der Waals surface area contributed by atoms with E-state index < -0.39 is 0 Å². The number of aryl methyl sites for hydroxylation is 4. The molecule has 0 unspecified atom stereocenters. The molecule has 0 aliphatic rings. The number of fused-ring (bicyclic) bond motifs is 1. The molecular weight excluding hydrogens is 358 g/mol. The molecule has 0 bridgehead atoms. The van der Waals surface area contributed by atoms with Gasteiger partial charge in [0, 0.05) is 17.4 Å². The van der Waals surface area contributed by atoms with Gasteiger partial charge >= 0.3 is 0 Å². The van der Waals surface area contributed by atoms with E-state index in [1.165, 1.54) is 11.1 Å². The number of carbonyl (C=O) groups excluding carboxylic acids is 1. The average Bonchev–Trinajstić information content (AvgIpc) is 3.01. The molecule has 4 heteroatoms. The monoisotopic (exact) mass is 383 g/mol. The Morgan fingerprint density at radius 2 is 1.72 bits per heavy atom. The maximum atomic E-state index is 12.9. The summed E-state index contributed by atoms with van der Waals surface area (Å²) in [5.74, 6) is -0.0527. The molecule has 0 aliphatic heterocycles. The minimum Gasteiger partial charge on any atom is -0.326 e. The van der Waals surface area contributed by atoms with E-state index >= 15 is 0 Å². The van der Waals surface area contributed by atoms with Gasteiger partial charge in [0.2, 0.25) is 5.91 Å². The smallest absolute Gasteiger partial charge is 0.230 e. The summed E-state index contributed by atoms with van der Waals surface area (Å²) in [5, 5.41) is 3.02. The summed E-state index contributed by atoms with van der Waals surface area (Å²) in [6.07, 6.45) is 2.25. The number of nitrogens with zero attached hydrogens (tertiary/aromatic N) is 2. The van der Waals surface area contributed by atoms with Crippen molar-refractivity contribution in [3.63, 3.8) is 0 Å². The number of benzene rings is 2. The van der Waals surface area contributed by atoms with Crippen LogP contribution in [0.2, 0.25) is 0 Å². The van der Waals surface area contributed by atoms with Crippen molar-refractivity contribution in [2.24, 2.45) is 0 Å². The Morgan fingerprint density at radius 1 is 0.931 bits per heavy atom. The van der Waals surface area contributed by atoms with Gasteiger partial charge in [-0.2, -0.15) is 0 Å². The fourth-order valence-corrected chi connectivity index (χ4v) is 3.57. The van der Waals surface area contributed by atoms with Gasteiger partial charge in [-0.3, -0.25) is 4.79 Å². The molecule has 1 N–H and O–H groups in total. The lowest BCUT2D eigenvalue weighted by Crippen LogP contribution is -2.16. The van der Waals surface area contributed by atoms with Gasteiger partial charge in [0.1, 0.15) is 5.65 Å². The van der Waals surface area contributed by atoms with Crippen LogP contribution >= 0.6 is 0 Å². The minimum absolute atomic E-state index is 0.0527. The van der Waals surface area contributed by atoms with Crippen LogP contribution in [0, 0.1) is 27.7 Å². The molecule has 0 atom stereocenters. The second-order valence-electron chi connectivity index (χ2n) is 7.73. The summed E-state index contributed by atoms with van der Waals surface area (Å²) in [5.41, 5.74) is 9.18. The van der Waals surface area contributed by atoms with Crippen LogP contribution in [0.1, 0.15) is 27.9 Å². The third kappa shape index (κ3) is 3.92. The first-order valence-corrected chi connectivity index (χ1v) is 9.82. The zero-order valence-corrected chi connectivity index (χ0v) is 17.3. The van der Waals surface area contributed by atoms with Crippen LogP contribution in [-0.2, 0) is 11.2 Å². The zero-order valence-electron chi connectivity index (χ0n) is 17.3. The molecule has 4 aromatic rings. The topological polar surface area (TPSA) is 46.4 Å². The van der Waals surface area contributed by atoms with Gasteiger partial charge in [-0.15, -0.1) is 0 Å². The third-order valence-electron chi connectivity index (χ3n) is 5.29. The number of hydrogen-bond acceptors (Lipinski definition) is 2. The molecule has 0 aliphatic carbocycles. The SMILES string of the molecule is Cc1cccc(NC(=O)Cc2c(-c3ccc(C)c(C)c3)nc3cc(C)ccn23)c1. The molecule has 2 aromatic heterocycles. The number of imidazole rings is 1. The Kier molecular flexibility index (Phi) is 4.93. The highest BCUT2D eigenvalue weighted by atomic mass is 16.1. The van der Waals surface area contributed by atoms with E-state index in [1.54, 1.807) is 0 Å². The summed E-state index contributed by atoms with van der Waals surface area (Å²) in [6.45, 7) is 8.26. The van der Waals surface area contributed by atoms with Gasteiger partial charge in [0.05, 0.1) is 17.8 Å². The molecule has 0 fully saturated rings. The van der Waals surface area contributed by atoms with Gasteiger partial charge in [0.15, 0.2) is 0 Å². The van der Waals surface area contributed by atoms with Crippen LogP contribution in [0.3, 0.4) is 0 Å². The van der Waals surface area contributed by atoms with Crippen molar-refractivity contribution in [3.05, 3.63) is 88.7 Å². The highest BCUT2D eigenvalue weighted by Gasteiger charge is 2.18. The van der Waals surface area contributed by atoms with Gasteiger partial charge < -0.3 is 9.72 Å². The lowest BCUT2D eigenvalue weighted by Gasteiger charge is -2.09. The zero-order chi connectivity index (χ0) is 20.5. The third-order valence-corrected chi connectivity index (χ3v) is 5.29. The van der Waals surface area contributed by atoms with E-state index in [2.05, 4.69) is 44.3 Å². The van der Waals surface area contributed by atoms with E-state index in [1.807, 2.05) is 53.9 Å². The van der Waals surface area contributed by atoms with Gasteiger partial charge in [-0.1, -0.05) is 24.3 Å². The summed E-state index contributed by atoms with van der Waals surface area (Å²) in [7, 11) is 0. The standard InChI is InChI=1S/C25H25N3O/c1-16-6-5-7-21(12-16)26-24(29)15-22-25(20-9-8-18(3)19(4)14-20)27-23-13-17(2)10-11-28(22)23/h5-14H,15H2,1-4H3,(H,26,29). The summed E-state index contributed by atoms with van der Waals surface area (Å²) in [4.78, 5) is 17.7. The van der Waals surface area contributed by atoms with Crippen molar-refractivity contribution in [1.29, 1.82) is 0 Å². The molecule has 4 rings (SSSR count). The van der Waals surface area contributed by atoms with E-state index in [0.29, 0.717) is 0 Å². The largest absolute Gasteiger partial charge is 0.326 e. The van der Waals surface area contributed by atoms with Crippen LogP contribution in [-0.4, -0.2) is 15.3 Å². The van der Waals surface area contributed by atoms with Crippen molar-refractivity contribution in [3.8, 4) is 11.3 Å². The first kappa shape index (κ1) is 18.9. The predicted octanol–water partition coefficient (Wildman–Crippen LogP) is 5.42. The predicted molar refractivity (Wildman–Crippen MR) is 118 cm³/mol. The molecule has 1 amide bonds. The number of carbonyl (C=O) groups is 1. The van der Waals surface area contributed by atoms with Crippen LogP contribution in [0.25, 0.3) is 16.9 Å². The second-order valence-corrected chi connectivity index (χ2v) is 7.73. The van der Waals surface area contributed by atoms with Crippen LogP contribution in [0.15, 0.2) is 60.8 Å². The van der Waals surface area contributed by atoms with Crippen LogP contribution in [0.5, 0.6) is 0 Å². The Bertz CT molecular complexity index is 1220. The molecule has 2 heterocycles. The second kappa shape index (κ2) is 7.55. The molecule has 2 aromatic carbocycles. The quantitative estimate of drug-likeness (QED) is 0.512. The van der Waals surface area contributed by atoms with E-state index in [-0.39, 0.29) is 12.3 Å². The highest BCUT2D eigenvalue weighted by molar-refractivity contribution is 5.93. The number of hydrogen-bond donors (Lipinski definition) is 1. The number of aromatic nitrogens is 2. The van der Waals surface area contributed by atoms with Gasteiger partial charge in [-0.25, -0.2) is 4.98 Å². The number of amides is 1. The summed E-state index contributed by atoms with van der Waals surface area (Å²) in [6, 6.07) is 18.3. The first-order valence-electron chi connectivity index (χ1n) is 9.82. The molecule has 0 spiro atoms. The Hall–Kier alpha value is -3.40. The minimum atomic E-state index is -0.0527. The van der Waals surface area contributed by atoms with Gasteiger partial charge in [-0.05, 0) is 80.3 Å². The van der Waals surface area contributed by atoms with E-state index in [9.17, 15) is 4.79 Å². The molecule has 4 nitrogen and oxygen atoms in total. The molecular formula is C25H25N3O. The number of anilines is 1. The lowest BCUT2D eigenvalue weighted by atomic mass is 10.0. The van der Waals surface area contributed by atoms with Crippen molar-refractivity contribution in [1.82, 2.24) is 9.38 Å². The average molecular weight is 383 g/mol. The lowest BCUT2D eigenvalue weighted by molar-refractivity contribution is -0.115. The Labute approximate surface area is 171 Å². The Morgan fingerprint density at radius 3 is 2.48 bits per heavy atom. The van der Waals surface area contributed by atoms with Gasteiger partial charge in [0.25, 0.3) is 0 Å². The van der Waals surface area contributed by atoms with Crippen molar-refractivity contribution < 1.29 is 4.79 Å². The van der Waals surface area contributed by atoms with Crippen molar-refractivity contribution >= 4 is 17.2 Å². The molecule has 0 radical (unpaired) electrons. The molecule has 0 saturated carbocycles. The fourth-order valence-electron chi connectivity index (χ4n) is 3.57. The van der Waals surface area contributed by atoms with Crippen LogP contribution in [0.4, 0.5) is 5.69 Å².